The summed E-state index contributed by atoms with van der Waals surface area (Å²) in [6, 6.07) is 4.11. The van der Waals surface area contributed by atoms with E-state index in [1.165, 1.54) is 17.4 Å². The van der Waals surface area contributed by atoms with Gasteiger partial charge in [0.2, 0.25) is 0 Å². The lowest BCUT2D eigenvalue weighted by Crippen LogP contribution is -2.06. The van der Waals surface area contributed by atoms with E-state index in [1.54, 1.807) is 11.4 Å². The van der Waals surface area contributed by atoms with E-state index in [0.29, 0.717) is 10.3 Å². The number of fused-ring (bicyclic) bond motifs is 1. The molecule has 1 aromatic heterocycles. The lowest BCUT2D eigenvalue weighted by Gasteiger charge is -2.09. The minimum atomic E-state index is -4.36. The summed E-state index contributed by atoms with van der Waals surface area (Å²) in [5.74, 6) is 4.89. The summed E-state index contributed by atoms with van der Waals surface area (Å²) in [7, 11) is 0. The van der Waals surface area contributed by atoms with Gasteiger partial charge in [-0.2, -0.15) is 13.2 Å². The first-order valence-corrected chi connectivity index (χ1v) is 5.30. The standard InChI is InChI=1S/C10H8F3NOS/c11-10(12,13)7-2-1-3-8-9(7)6(4-15-14)5-16-8/h1-3,5H,4,14H2. The van der Waals surface area contributed by atoms with Crippen LogP contribution in [0.1, 0.15) is 11.1 Å². The zero-order valence-corrected chi connectivity index (χ0v) is 8.86. The van der Waals surface area contributed by atoms with E-state index in [9.17, 15) is 13.2 Å². The molecule has 2 rings (SSSR count). The van der Waals surface area contributed by atoms with Crippen LogP contribution in [-0.2, 0) is 17.6 Å². The van der Waals surface area contributed by atoms with Crippen molar-refractivity contribution in [2.45, 2.75) is 12.8 Å². The van der Waals surface area contributed by atoms with Crippen molar-refractivity contribution in [3.8, 4) is 0 Å². The van der Waals surface area contributed by atoms with Gasteiger partial charge in [0.1, 0.15) is 0 Å². The van der Waals surface area contributed by atoms with Crippen molar-refractivity contribution in [2.75, 3.05) is 0 Å². The Hall–Kier alpha value is -1.11. The molecule has 0 radical (unpaired) electrons. The molecular weight excluding hydrogens is 239 g/mol. The molecule has 0 unspecified atom stereocenters. The van der Waals surface area contributed by atoms with E-state index >= 15 is 0 Å². The van der Waals surface area contributed by atoms with Crippen molar-refractivity contribution in [3.05, 3.63) is 34.7 Å². The number of rotatable bonds is 2. The molecule has 2 N–H and O–H groups in total. The quantitative estimate of drug-likeness (QED) is 0.826. The van der Waals surface area contributed by atoms with Crippen LogP contribution in [0.5, 0.6) is 0 Å². The highest BCUT2D eigenvalue weighted by Crippen LogP contribution is 2.38. The zero-order valence-electron chi connectivity index (χ0n) is 8.04. The molecule has 16 heavy (non-hydrogen) atoms. The number of nitrogens with two attached hydrogens (primary N) is 1. The third kappa shape index (κ3) is 1.91. The predicted molar refractivity (Wildman–Crippen MR) is 55.8 cm³/mol. The van der Waals surface area contributed by atoms with Gasteiger partial charge in [0.15, 0.2) is 0 Å². The summed E-state index contributed by atoms with van der Waals surface area (Å²) in [6.07, 6.45) is -4.36. The van der Waals surface area contributed by atoms with Crippen molar-refractivity contribution in [2.24, 2.45) is 5.90 Å². The van der Waals surface area contributed by atoms with E-state index in [4.69, 9.17) is 5.90 Å². The van der Waals surface area contributed by atoms with E-state index in [1.807, 2.05) is 0 Å². The van der Waals surface area contributed by atoms with Gasteiger partial charge in [-0.1, -0.05) is 6.07 Å². The van der Waals surface area contributed by atoms with E-state index in [0.717, 1.165) is 6.07 Å². The van der Waals surface area contributed by atoms with Gasteiger partial charge in [0.05, 0.1) is 12.2 Å². The van der Waals surface area contributed by atoms with Crippen molar-refractivity contribution in [1.82, 2.24) is 0 Å². The maximum Gasteiger partial charge on any atom is 0.417 e. The van der Waals surface area contributed by atoms with Crippen LogP contribution in [0, 0.1) is 0 Å². The van der Waals surface area contributed by atoms with Crippen molar-refractivity contribution in [1.29, 1.82) is 0 Å². The fourth-order valence-electron chi connectivity index (χ4n) is 1.59. The Kier molecular flexibility index (Phi) is 2.88. The van der Waals surface area contributed by atoms with Crippen LogP contribution in [0.4, 0.5) is 13.2 Å². The van der Waals surface area contributed by atoms with Crippen molar-refractivity contribution >= 4 is 21.4 Å². The Morgan fingerprint density at radius 3 is 2.69 bits per heavy atom. The summed E-state index contributed by atoms with van der Waals surface area (Å²) in [4.78, 5) is 4.40. The van der Waals surface area contributed by atoms with Gasteiger partial charge in [0, 0.05) is 10.1 Å². The lowest BCUT2D eigenvalue weighted by atomic mass is 10.1. The van der Waals surface area contributed by atoms with Crippen LogP contribution in [0.2, 0.25) is 0 Å². The third-order valence-corrected chi connectivity index (χ3v) is 3.22. The molecule has 1 aromatic carbocycles. The van der Waals surface area contributed by atoms with Crippen LogP contribution < -0.4 is 5.90 Å². The fourth-order valence-corrected chi connectivity index (χ4v) is 2.56. The molecule has 0 atom stereocenters. The topological polar surface area (TPSA) is 35.2 Å². The first kappa shape index (κ1) is 11.4. The zero-order chi connectivity index (χ0) is 11.8. The highest BCUT2D eigenvalue weighted by Gasteiger charge is 2.33. The van der Waals surface area contributed by atoms with Crippen LogP contribution in [0.15, 0.2) is 23.6 Å². The van der Waals surface area contributed by atoms with Gasteiger partial charge in [-0.25, -0.2) is 5.90 Å². The monoisotopic (exact) mass is 247 g/mol. The summed E-state index contributed by atoms with van der Waals surface area (Å²) >= 11 is 1.25. The van der Waals surface area contributed by atoms with Gasteiger partial charge >= 0.3 is 6.18 Å². The Balaban J connectivity index is 2.68. The molecule has 0 aliphatic rings. The van der Waals surface area contributed by atoms with Gasteiger partial charge in [-0.3, -0.25) is 4.84 Å². The fraction of sp³-hybridized carbons (Fsp3) is 0.200. The third-order valence-electron chi connectivity index (χ3n) is 2.22. The number of thiophene rings is 1. The van der Waals surface area contributed by atoms with E-state index in [-0.39, 0.29) is 12.0 Å². The summed E-state index contributed by atoms with van der Waals surface area (Å²) in [5.41, 5.74) is -0.172. The van der Waals surface area contributed by atoms with Gasteiger partial charge in [0.25, 0.3) is 0 Å². The van der Waals surface area contributed by atoms with E-state index in [2.05, 4.69) is 4.84 Å². The van der Waals surface area contributed by atoms with Crippen LogP contribution in [0.25, 0.3) is 10.1 Å². The molecule has 0 amide bonds. The largest absolute Gasteiger partial charge is 0.417 e. The van der Waals surface area contributed by atoms with Gasteiger partial charge < -0.3 is 0 Å². The number of benzene rings is 1. The Morgan fingerprint density at radius 2 is 2.06 bits per heavy atom. The number of alkyl halides is 3. The van der Waals surface area contributed by atoms with Gasteiger partial charge in [-0.15, -0.1) is 11.3 Å². The molecule has 0 bridgehead atoms. The number of halogens is 3. The highest BCUT2D eigenvalue weighted by atomic mass is 32.1. The summed E-state index contributed by atoms with van der Waals surface area (Å²) in [5, 5.41) is 1.82. The Bertz CT molecular complexity index is 506. The molecule has 86 valence electrons. The number of hydrogen-bond acceptors (Lipinski definition) is 3. The smallest absolute Gasteiger partial charge is 0.300 e. The average Bonchev–Trinajstić information content (AvgIpc) is 2.61. The predicted octanol–water partition coefficient (Wildman–Crippen LogP) is 3.31. The molecule has 0 saturated heterocycles. The minimum absolute atomic E-state index is 0.0207. The van der Waals surface area contributed by atoms with Crippen LogP contribution in [-0.4, -0.2) is 0 Å². The van der Waals surface area contributed by atoms with Crippen molar-refractivity contribution < 1.29 is 18.0 Å². The molecule has 0 fully saturated rings. The molecule has 0 saturated carbocycles. The molecule has 1 heterocycles. The first-order valence-electron chi connectivity index (χ1n) is 4.42. The van der Waals surface area contributed by atoms with Gasteiger partial charge in [-0.05, 0) is 23.1 Å². The second-order valence-electron chi connectivity index (χ2n) is 3.25. The maximum absolute atomic E-state index is 12.7. The Morgan fingerprint density at radius 1 is 1.31 bits per heavy atom. The maximum atomic E-state index is 12.7. The summed E-state index contributed by atoms with van der Waals surface area (Å²) < 4.78 is 38.8. The van der Waals surface area contributed by atoms with E-state index < -0.39 is 11.7 Å². The first-order chi connectivity index (χ1) is 7.54. The second kappa shape index (κ2) is 4.04. The van der Waals surface area contributed by atoms with Crippen LogP contribution in [0.3, 0.4) is 0 Å². The molecule has 0 aliphatic carbocycles. The summed E-state index contributed by atoms with van der Waals surface area (Å²) in [6.45, 7) is -0.0207. The molecular formula is C10H8F3NOS. The lowest BCUT2D eigenvalue weighted by molar-refractivity contribution is -0.136. The molecule has 0 aliphatic heterocycles. The molecule has 2 aromatic rings. The average molecular weight is 247 g/mol. The second-order valence-corrected chi connectivity index (χ2v) is 4.16. The SMILES string of the molecule is NOCc1csc2cccc(C(F)(F)F)c12. The van der Waals surface area contributed by atoms with Crippen LogP contribution >= 0.6 is 11.3 Å². The van der Waals surface area contributed by atoms with Crippen molar-refractivity contribution in [3.63, 3.8) is 0 Å². The minimum Gasteiger partial charge on any atom is -0.300 e. The number of hydrogen-bond donors (Lipinski definition) is 1. The Labute approximate surface area is 93.4 Å². The molecule has 0 spiro atoms. The normalized spacial score (nSPS) is 12.2. The molecule has 2 nitrogen and oxygen atoms in total. The highest BCUT2D eigenvalue weighted by molar-refractivity contribution is 7.17. The molecule has 6 heteroatoms.